The highest BCUT2D eigenvalue weighted by Gasteiger charge is 2.27. The van der Waals surface area contributed by atoms with Crippen LogP contribution in [0.5, 0.6) is 0 Å². The van der Waals surface area contributed by atoms with Crippen molar-refractivity contribution in [2.45, 2.75) is 32.7 Å². The van der Waals surface area contributed by atoms with E-state index in [-0.39, 0.29) is 12.2 Å². The fourth-order valence-corrected chi connectivity index (χ4v) is 3.44. The third-order valence-corrected chi connectivity index (χ3v) is 4.65. The maximum atomic E-state index is 11.0. The van der Waals surface area contributed by atoms with Crippen LogP contribution < -0.4 is 0 Å². The van der Waals surface area contributed by atoms with Gasteiger partial charge in [0.2, 0.25) is 0 Å². The number of imidazole rings is 1. The number of nitrogens with zero attached hydrogens (tertiary/aromatic N) is 2. The maximum absolute atomic E-state index is 11.0. The lowest BCUT2D eigenvalue weighted by molar-refractivity contribution is 0.0697. The Hall–Kier alpha value is -1.88. The number of carboxylic acids is 1. The lowest BCUT2D eigenvalue weighted by atomic mass is 9.97. The second kappa shape index (κ2) is 5.48. The molecule has 2 atom stereocenters. The molecule has 112 valence electrons. The van der Waals surface area contributed by atoms with Crippen molar-refractivity contribution in [3.8, 4) is 0 Å². The molecule has 1 aliphatic carbocycles. The lowest BCUT2D eigenvalue weighted by Gasteiger charge is -2.19. The zero-order valence-corrected chi connectivity index (χ0v) is 12.1. The number of aryl methyl sites for hydroxylation is 1. The van der Waals surface area contributed by atoms with Crippen LogP contribution in [0.1, 0.15) is 35.4 Å². The van der Waals surface area contributed by atoms with E-state index in [1.807, 2.05) is 13.0 Å². The molecule has 1 heterocycles. The number of aromatic carboxylic acids is 1. The molecule has 0 radical (unpaired) electrons. The van der Waals surface area contributed by atoms with Crippen molar-refractivity contribution in [2.75, 3.05) is 6.61 Å². The van der Waals surface area contributed by atoms with Crippen LogP contribution in [0, 0.1) is 18.8 Å². The van der Waals surface area contributed by atoms with Crippen LogP contribution in [0.25, 0.3) is 11.0 Å². The molecule has 2 unspecified atom stereocenters. The zero-order valence-electron chi connectivity index (χ0n) is 12.1. The third-order valence-electron chi connectivity index (χ3n) is 4.65. The SMILES string of the molecule is Cc1nc2cc(C(=O)O)ccc2n1CC1CCCC1CO. The van der Waals surface area contributed by atoms with E-state index in [1.54, 1.807) is 12.1 Å². The Balaban J connectivity index is 1.95. The predicted octanol–water partition coefficient (Wildman–Crippen LogP) is 2.45. The number of aliphatic hydroxyl groups excluding tert-OH is 1. The summed E-state index contributed by atoms with van der Waals surface area (Å²) in [6.07, 6.45) is 3.40. The molecule has 0 bridgehead atoms. The minimum Gasteiger partial charge on any atom is -0.478 e. The molecule has 3 rings (SSSR count). The van der Waals surface area contributed by atoms with Crippen LogP contribution in [0.4, 0.5) is 0 Å². The summed E-state index contributed by atoms with van der Waals surface area (Å²) in [6, 6.07) is 5.08. The molecule has 1 saturated carbocycles. The minimum absolute atomic E-state index is 0.250. The number of hydrogen-bond donors (Lipinski definition) is 2. The Morgan fingerprint density at radius 2 is 2.14 bits per heavy atom. The lowest BCUT2D eigenvalue weighted by Crippen LogP contribution is -2.18. The second-order valence-electron chi connectivity index (χ2n) is 5.91. The van der Waals surface area contributed by atoms with Crippen LogP contribution in [0.15, 0.2) is 18.2 Å². The van der Waals surface area contributed by atoms with E-state index in [0.29, 0.717) is 11.8 Å². The quantitative estimate of drug-likeness (QED) is 0.906. The fourth-order valence-electron chi connectivity index (χ4n) is 3.44. The molecule has 1 fully saturated rings. The monoisotopic (exact) mass is 288 g/mol. The molecule has 0 aliphatic heterocycles. The normalized spacial score (nSPS) is 22.0. The van der Waals surface area contributed by atoms with Crippen LogP contribution >= 0.6 is 0 Å². The molecule has 0 saturated heterocycles. The molecule has 1 aromatic carbocycles. The standard InChI is InChI=1S/C16H20N2O3/c1-10-17-14-7-11(16(20)21)5-6-15(14)18(10)8-12-3-2-4-13(12)9-19/h5-7,12-13,19H,2-4,8-9H2,1H3,(H,20,21). The highest BCUT2D eigenvalue weighted by atomic mass is 16.4. The van der Waals surface area contributed by atoms with Gasteiger partial charge in [-0.2, -0.15) is 0 Å². The molecule has 5 heteroatoms. The largest absolute Gasteiger partial charge is 0.478 e. The first-order chi connectivity index (χ1) is 10.1. The molecular weight excluding hydrogens is 268 g/mol. The average Bonchev–Trinajstić information content (AvgIpc) is 3.03. The van der Waals surface area contributed by atoms with E-state index in [2.05, 4.69) is 9.55 Å². The van der Waals surface area contributed by atoms with Gasteiger partial charge in [-0.15, -0.1) is 0 Å². The average molecular weight is 288 g/mol. The summed E-state index contributed by atoms with van der Waals surface area (Å²) in [7, 11) is 0. The molecule has 1 aromatic heterocycles. The van der Waals surface area contributed by atoms with Gasteiger partial charge in [0.15, 0.2) is 0 Å². The van der Waals surface area contributed by atoms with Crippen molar-refractivity contribution in [2.24, 2.45) is 11.8 Å². The summed E-state index contributed by atoms with van der Waals surface area (Å²) >= 11 is 0. The smallest absolute Gasteiger partial charge is 0.335 e. The van der Waals surface area contributed by atoms with E-state index in [4.69, 9.17) is 5.11 Å². The van der Waals surface area contributed by atoms with Gasteiger partial charge < -0.3 is 14.8 Å². The van der Waals surface area contributed by atoms with Gasteiger partial charge in [-0.1, -0.05) is 6.42 Å². The third kappa shape index (κ3) is 2.53. The first-order valence-corrected chi connectivity index (χ1v) is 7.41. The molecule has 2 N–H and O–H groups in total. The Kier molecular flexibility index (Phi) is 3.68. The fraction of sp³-hybridized carbons (Fsp3) is 0.500. The molecule has 1 aliphatic rings. The second-order valence-corrected chi connectivity index (χ2v) is 5.91. The first kappa shape index (κ1) is 14.1. The summed E-state index contributed by atoms with van der Waals surface area (Å²) < 4.78 is 2.15. The van der Waals surface area contributed by atoms with Crippen LogP contribution in [0.2, 0.25) is 0 Å². The van der Waals surface area contributed by atoms with Gasteiger partial charge >= 0.3 is 5.97 Å². The van der Waals surface area contributed by atoms with Gasteiger partial charge in [0.1, 0.15) is 5.82 Å². The topological polar surface area (TPSA) is 75.3 Å². The summed E-state index contributed by atoms with van der Waals surface area (Å²) in [5.41, 5.74) is 1.97. The Bertz CT molecular complexity index is 677. The summed E-state index contributed by atoms with van der Waals surface area (Å²) in [6.45, 7) is 3.04. The van der Waals surface area contributed by atoms with Crippen molar-refractivity contribution >= 4 is 17.0 Å². The van der Waals surface area contributed by atoms with E-state index in [1.165, 1.54) is 6.42 Å². The van der Waals surface area contributed by atoms with Gasteiger partial charge in [0.05, 0.1) is 16.6 Å². The summed E-state index contributed by atoms with van der Waals surface area (Å²) in [4.78, 5) is 15.5. The van der Waals surface area contributed by atoms with Crippen molar-refractivity contribution < 1.29 is 15.0 Å². The highest BCUT2D eigenvalue weighted by molar-refractivity contribution is 5.92. The maximum Gasteiger partial charge on any atom is 0.335 e. The molecule has 21 heavy (non-hydrogen) atoms. The van der Waals surface area contributed by atoms with E-state index < -0.39 is 5.97 Å². The van der Waals surface area contributed by atoms with Gasteiger partial charge in [0, 0.05) is 13.2 Å². The van der Waals surface area contributed by atoms with Crippen molar-refractivity contribution in [1.82, 2.24) is 9.55 Å². The van der Waals surface area contributed by atoms with Gasteiger partial charge in [-0.05, 0) is 49.8 Å². The van der Waals surface area contributed by atoms with Crippen molar-refractivity contribution in [3.05, 3.63) is 29.6 Å². The van der Waals surface area contributed by atoms with Crippen LogP contribution in [-0.4, -0.2) is 32.3 Å². The molecule has 0 amide bonds. The van der Waals surface area contributed by atoms with Crippen molar-refractivity contribution in [3.63, 3.8) is 0 Å². The Morgan fingerprint density at radius 3 is 2.86 bits per heavy atom. The number of aliphatic hydroxyl groups is 1. The van der Waals surface area contributed by atoms with Crippen molar-refractivity contribution in [1.29, 1.82) is 0 Å². The summed E-state index contributed by atoms with van der Waals surface area (Å²) in [5.74, 6) is 0.821. The number of benzene rings is 1. The minimum atomic E-state index is -0.930. The van der Waals surface area contributed by atoms with E-state index in [0.717, 1.165) is 36.2 Å². The number of fused-ring (bicyclic) bond motifs is 1. The summed E-state index contributed by atoms with van der Waals surface area (Å²) in [5, 5.41) is 18.5. The van der Waals surface area contributed by atoms with Crippen LogP contribution in [0.3, 0.4) is 0 Å². The first-order valence-electron chi connectivity index (χ1n) is 7.41. The molecule has 0 spiro atoms. The Labute approximate surface area is 123 Å². The van der Waals surface area contributed by atoms with Gasteiger partial charge in [-0.25, -0.2) is 9.78 Å². The van der Waals surface area contributed by atoms with Gasteiger partial charge in [-0.3, -0.25) is 0 Å². The number of carbonyl (C=O) groups is 1. The molecule has 5 nitrogen and oxygen atoms in total. The number of aromatic nitrogens is 2. The zero-order chi connectivity index (χ0) is 15.0. The molecular formula is C16H20N2O3. The number of rotatable bonds is 4. The predicted molar refractivity (Wildman–Crippen MR) is 79.3 cm³/mol. The van der Waals surface area contributed by atoms with Crippen LogP contribution in [-0.2, 0) is 6.54 Å². The highest BCUT2D eigenvalue weighted by Crippen LogP contribution is 2.33. The number of carboxylic acid groups (broad SMARTS) is 1. The Morgan fingerprint density at radius 1 is 1.38 bits per heavy atom. The number of hydrogen-bond acceptors (Lipinski definition) is 3. The molecule has 2 aromatic rings. The van der Waals surface area contributed by atoms with E-state index >= 15 is 0 Å². The van der Waals surface area contributed by atoms with Gasteiger partial charge in [0.25, 0.3) is 0 Å². The van der Waals surface area contributed by atoms with E-state index in [9.17, 15) is 9.90 Å².